The number of rotatable bonds is 10. The summed E-state index contributed by atoms with van der Waals surface area (Å²) >= 11 is 1.16. The number of anilines is 1. The van der Waals surface area contributed by atoms with E-state index in [2.05, 4.69) is 20.8 Å². The van der Waals surface area contributed by atoms with Crippen LogP contribution in [0.3, 0.4) is 0 Å². The number of carbonyl (C=O) groups excluding carboxylic acids is 1. The highest BCUT2D eigenvalue weighted by Crippen LogP contribution is 2.45. The van der Waals surface area contributed by atoms with Gasteiger partial charge in [-0.1, -0.05) is 45.0 Å². The van der Waals surface area contributed by atoms with Gasteiger partial charge in [-0.3, -0.25) is 0 Å². The van der Waals surface area contributed by atoms with E-state index in [0.29, 0.717) is 33.6 Å². The average Bonchev–Trinajstić information content (AvgIpc) is 2.93. The van der Waals surface area contributed by atoms with Crippen LogP contribution in [0.1, 0.15) is 57.3 Å². The van der Waals surface area contributed by atoms with Crippen molar-refractivity contribution in [3.63, 3.8) is 0 Å². The van der Waals surface area contributed by atoms with Crippen LogP contribution in [0.15, 0.2) is 71.6 Å². The van der Waals surface area contributed by atoms with Crippen molar-refractivity contribution in [2.45, 2.75) is 68.8 Å². The monoisotopic (exact) mass is 567 g/mol. The number of benzene rings is 3. The maximum absolute atomic E-state index is 14.8. The number of esters is 1. The molecule has 1 fully saturated rings. The number of para-hydroxylation sites is 1. The fraction of sp³-hybridized carbons (Fsp3) is 0.406. The molecule has 2 unspecified atom stereocenters. The van der Waals surface area contributed by atoms with Gasteiger partial charge in [-0.05, 0) is 85.0 Å². The molecule has 0 radical (unpaired) electrons. The van der Waals surface area contributed by atoms with Gasteiger partial charge in [-0.15, -0.1) is 11.8 Å². The highest BCUT2D eigenvalue weighted by atomic mass is 32.2. The molecule has 1 aliphatic rings. The Morgan fingerprint density at radius 1 is 1.10 bits per heavy atom. The number of methoxy groups -OCH3 is 1. The predicted octanol–water partition coefficient (Wildman–Crippen LogP) is 7.55. The normalized spacial score (nSPS) is 20.5. The van der Waals surface area contributed by atoms with Crippen LogP contribution in [0.2, 0.25) is 0 Å². The summed E-state index contributed by atoms with van der Waals surface area (Å²) in [6.07, 6.45) is 1.67. The molecule has 8 heteroatoms. The molecule has 0 saturated heterocycles. The molecule has 214 valence electrons. The first-order valence-corrected chi connectivity index (χ1v) is 14.5. The summed E-state index contributed by atoms with van der Waals surface area (Å²) in [4.78, 5) is 13.9. The van der Waals surface area contributed by atoms with Gasteiger partial charge in [-0.25, -0.2) is 9.18 Å². The van der Waals surface area contributed by atoms with Crippen molar-refractivity contribution in [1.29, 1.82) is 0 Å². The predicted molar refractivity (Wildman–Crippen MR) is 156 cm³/mol. The largest absolute Gasteiger partial charge is 0.494 e. The van der Waals surface area contributed by atoms with Crippen LogP contribution in [0.25, 0.3) is 0 Å². The highest BCUT2D eigenvalue weighted by Gasteiger charge is 2.38. The number of hydrogen-bond acceptors (Lipinski definition) is 7. The van der Waals surface area contributed by atoms with Gasteiger partial charge in [0.05, 0.1) is 12.4 Å². The van der Waals surface area contributed by atoms with Crippen molar-refractivity contribution in [3.05, 3.63) is 78.1 Å². The van der Waals surface area contributed by atoms with E-state index in [9.17, 15) is 14.3 Å². The zero-order chi connectivity index (χ0) is 28.9. The van der Waals surface area contributed by atoms with Crippen LogP contribution in [0.5, 0.6) is 17.2 Å². The zero-order valence-electron chi connectivity index (χ0n) is 23.4. The molecule has 0 aliphatic heterocycles. The number of nitrogens with two attached hydrogens (primary N) is 1. The molecular weight excluding hydrogens is 529 g/mol. The van der Waals surface area contributed by atoms with Crippen molar-refractivity contribution in [2.75, 3.05) is 12.8 Å². The van der Waals surface area contributed by atoms with Gasteiger partial charge in [0, 0.05) is 10.6 Å². The summed E-state index contributed by atoms with van der Waals surface area (Å²) in [7, 11) is 1.38. The second-order valence-corrected chi connectivity index (χ2v) is 12.1. The summed E-state index contributed by atoms with van der Waals surface area (Å²) in [6.45, 7) is 6.59. The average molecular weight is 568 g/mol. The minimum Gasteiger partial charge on any atom is -0.494 e. The SMILES string of the molecule is COc1ccc([C@H](Sc2cc(Oc3ccccc3)ccc2N)[C@@H](O)C(=O)OC2CCCC(C)(C(C)C)C2)cc1F. The number of aliphatic hydroxyl groups is 1. The van der Waals surface area contributed by atoms with E-state index in [-0.39, 0.29) is 17.3 Å². The molecule has 1 aliphatic carbocycles. The minimum atomic E-state index is -1.57. The lowest BCUT2D eigenvalue weighted by Crippen LogP contribution is -2.38. The van der Waals surface area contributed by atoms with E-state index in [4.69, 9.17) is 19.9 Å². The number of nitrogen functional groups attached to an aromatic ring is 1. The van der Waals surface area contributed by atoms with Crippen molar-refractivity contribution in [2.24, 2.45) is 11.3 Å². The molecule has 6 nitrogen and oxygen atoms in total. The van der Waals surface area contributed by atoms with E-state index in [1.165, 1.54) is 19.2 Å². The highest BCUT2D eigenvalue weighted by molar-refractivity contribution is 7.99. The van der Waals surface area contributed by atoms with Gasteiger partial charge in [0.2, 0.25) is 0 Å². The van der Waals surface area contributed by atoms with Crippen LogP contribution in [-0.2, 0) is 9.53 Å². The zero-order valence-corrected chi connectivity index (χ0v) is 24.2. The molecule has 3 aromatic rings. The van der Waals surface area contributed by atoms with Crippen molar-refractivity contribution in [1.82, 2.24) is 0 Å². The molecule has 0 heterocycles. The van der Waals surface area contributed by atoms with Gasteiger partial charge in [-0.2, -0.15) is 0 Å². The van der Waals surface area contributed by atoms with E-state index < -0.39 is 23.1 Å². The number of carbonyl (C=O) groups is 1. The van der Waals surface area contributed by atoms with Gasteiger partial charge < -0.3 is 25.1 Å². The van der Waals surface area contributed by atoms with Crippen LogP contribution in [0.4, 0.5) is 10.1 Å². The number of hydrogen-bond donors (Lipinski definition) is 2. The molecule has 0 aromatic heterocycles. The van der Waals surface area contributed by atoms with Crippen LogP contribution >= 0.6 is 11.8 Å². The molecule has 1 saturated carbocycles. The summed E-state index contributed by atoms with van der Waals surface area (Å²) in [5.41, 5.74) is 7.20. The van der Waals surface area contributed by atoms with Gasteiger partial charge >= 0.3 is 5.97 Å². The lowest BCUT2D eigenvalue weighted by molar-refractivity contribution is -0.163. The van der Waals surface area contributed by atoms with E-state index >= 15 is 0 Å². The Kier molecular flexibility index (Phi) is 9.64. The van der Waals surface area contributed by atoms with Crippen LogP contribution in [0, 0.1) is 17.2 Å². The first kappa shape index (κ1) is 29.7. The molecule has 3 N–H and O–H groups in total. The van der Waals surface area contributed by atoms with Crippen LogP contribution in [-0.4, -0.2) is 30.4 Å². The van der Waals surface area contributed by atoms with E-state index in [0.717, 1.165) is 37.4 Å². The maximum atomic E-state index is 14.8. The van der Waals surface area contributed by atoms with Crippen LogP contribution < -0.4 is 15.2 Å². The third-order valence-corrected chi connectivity index (χ3v) is 9.29. The first-order chi connectivity index (χ1) is 19.1. The number of ether oxygens (including phenoxy) is 3. The molecule has 0 bridgehead atoms. The molecule has 4 atom stereocenters. The quantitative estimate of drug-likeness (QED) is 0.148. The number of halogens is 1. The Hall–Kier alpha value is -3.23. The minimum absolute atomic E-state index is 0.0645. The fourth-order valence-electron chi connectivity index (χ4n) is 5.06. The molecule has 0 amide bonds. The Morgan fingerprint density at radius 2 is 1.85 bits per heavy atom. The molecular formula is C32H38FNO5S. The summed E-state index contributed by atoms with van der Waals surface area (Å²) in [5, 5.41) is 10.5. The summed E-state index contributed by atoms with van der Waals surface area (Å²) < 4.78 is 31.6. The van der Waals surface area contributed by atoms with Crippen molar-refractivity contribution in [3.8, 4) is 17.2 Å². The van der Waals surface area contributed by atoms with Gasteiger partial charge in [0.25, 0.3) is 0 Å². The second kappa shape index (κ2) is 13.0. The van der Waals surface area contributed by atoms with E-state index in [1.807, 2.05) is 30.3 Å². The Bertz CT molecular complexity index is 1300. The lowest BCUT2D eigenvalue weighted by atomic mass is 9.67. The fourth-order valence-corrected chi connectivity index (χ4v) is 6.24. The van der Waals surface area contributed by atoms with Crippen molar-refractivity contribution < 1.29 is 28.5 Å². The third kappa shape index (κ3) is 7.09. The first-order valence-electron chi connectivity index (χ1n) is 13.6. The summed E-state index contributed by atoms with van der Waals surface area (Å²) in [6, 6.07) is 18.9. The number of thioether (sulfide) groups is 1. The van der Waals surface area contributed by atoms with Gasteiger partial charge in [0.1, 0.15) is 17.6 Å². The Balaban J connectivity index is 1.60. The lowest BCUT2D eigenvalue weighted by Gasteiger charge is -2.41. The summed E-state index contributed by atoms with van der Waals surface area (Å²) in [5.74, 6) is 0.369. The molecule has 40 heavy (non-hydrogen) atoms. The Morgan fingerprint density at radius 3 is 2.52 bits per heavy atom. The van der Waals surface area contributed by atoms with E-state index in [1.54, 1.807) is 24.3 Å². The molecule has 3 aromatic carbocycles. The number of aliphatic hydroxyl groups excluding tert-OH is 1. The topological polar surface area (TPSA) is 91.0 Å². The second-order valence-electron chi connectivity index (χ2n) is 11.0. The molecule has 4 rings (SSSR count). The smallest absolute Gasteiger partial charge is 0.336 e. The third-order valence-electron chi connectivity index (χ3n) is 7.90. The standard InChI is InChI=1S/C32H38FNO5S/c1-20(2)32(3)16-8-11-24(19-32)39-31(36)29(35)30(21-12-15-27(37-4)25(33)17-21)40-28-18-23(13-14-26(28)34)38-22-9-6-5-7-10-22/h5-7,9-10,12-15,17-18,20,24,29-30,35H,8,11,16,19,34H2,1-4H3/t24?,29-,30+,32?/m1/s1. The van der Waals surface area contributed by atoms with Gasteiger partial charge in [0.15, 0.2) is 17.7 Å². The maximum Gasteiger partial charge on any atom is 0.336 e. The molecule has 0 spiro atoms. The Labute approximate surface area is 240 Å². The van der Waals surface area contributed by atoms with Crippen molar-refractivity contribution >= 4 is 23.4 Å².